The van der Waals surface area contributed by atoms with E-state index in [1.54, 1.807) is 7.05 Å². The molecule has 3 aromatic rings. The Balaban J connectivity index is 2.27. The molecule has 1 unspecified atom stereocenters. The minimum absolute atomic E-state index is 0.149. The van der Waals surface area contributed by atoms with Gasteiger partial charge in [-0.3, -0.25) is 4.57 Å². The smallest absolute Gasteiger partial charge is 0.339 e. The van der Waals surface area contributed by atoms with Crippen molar-refractivity contribution in [3.63, 3.8) is 0 Å². The molecule has 10 heteroatoms. The van der Waals surface area contributed by atoms with E-state index in [0.717, 1.165) is 39.6 Å². The normalized spacial score (nSPS) is 12.4. The Hall–Kier alpha value is -2.46. The number of rotatable bonds is 8. The van der Waals surface area contributed by atoms with E-state index in [4.69, 9.17) is 10.7 Å². The van der Waals surface area contributed by atoms with Gasteiger partial charge in [0.05, 0.1) is 6.54 Å². The molecule has 1 aromatic carbocycles. The van der Waals surface area contributed by atoms with Gasteiger partial charge in [0.1, 0.15) is 5.52 Å². The minimum Gasteiger partial charge on any atom is -0.382 e. The lowest BCUT2D eigenvalue weighted by Crippen LogP contribution is -2.38. The summed E-state index contributed by atoms with van der Waals surface area (Å²) in [6, 6.07) is 7.27. The van der Waals surface area contributed by atoms with Gasteiger partial charge in [0.25, 0.3) is 0 Å². The largest absolute Gasteiger partial charge is 0.382 e. The molecule has 2 N–H and O–H groups in total. The molecule has 1 atom stereocenters. The van der Waals surface area contributed by atoms with E-state index in [2.05, 4.69) is 40.1 Å². The van der Waals surface area contributed by atoms with Gasteiger partial charge >= 0.3 is 11.7 Å². The van der Waals surface area contributed by atoms with Crippen LogP contribution in [0.5, 0.6) is 0 Å². The van der Waals surface area contributed by atoms with Gasteiger partial charge in [0, 0.05) is 18.1 Å². The van der Waals surface area contributed by atoms with E-state index in [1.807, 2.05) is 31.2 Å². The number of fused-ring (bicyclic) bond motifs is 1. The third-order valence-corrected chi connectivity index (χ3v) is 7.70. The number of amides is 1. The zero-order valence-electron chi connectivity index (χ0n) is 19.5. The van der Waals surface area contributed by atoms with Crippen LogP contribution in [0.15, 0.2) is 38.7 Å². The van der Waals surface area contributed by atoms with E-state index in [-0.39, 0.29) is 28.4 Å². The summed E-state index contributed by atoms with van der Waals surface area (Å²) in [5.74, 6) is 0.997. The summed E-state index contributed by atoms with van der Waals surface area (Å²) < 4.78 is 3.59. The summed E-state index contributed by atoms with van der Waals surface area (Å²) >= 11 is 3.44. The Morgan fingerprint density at radius 3 is 2.48 bits per heavy atom. The predicted molar refractivity (Wildman–Crippen MR) is 141 cm³/mol. The molecule has 178 valence electrons. The van der Waals surface area contributed by atoms with Gasteiger partial charge in [0.15, 0.2) is 16.6 Å². The van der Waals surface area contributed by atoms with Gasteiger partial charge in [-0.15, -0.1) is 10.5 Å². The monoisotopic (exact) mass is 534 g/mol. The number of unbranched alkanes of at least 4 members (excludes halogenated alkanes) is 1. The minimum atomic E-state index is -0.465. The van der Waals surface area contributed by atoms with Gasteiger partial charge < -0.3 is 10.6 Å². The molecule has 2 aromatic heterocycles. The highest BCUT2D eigenvalue weighted by Crippen LogP contribution is 2.27. The lowest BCUT2D eigenvalue weighted by Gasteiger charge is -2.16. The lowest BCUT2D eigenvalue weighted by molar-refractivity contribution is 0.210. The van der Waals surface area contributed by atoms with Crippen molar-refractivity contribution in [2.75, 3.05) is 25.1 Å². The zero-order valence-corrected chi connectivity index (χ0v) is 21.9. The number of halogens is 1. The Labute approximate surface area is 204 Å². The first kappa shape index (κ1) is 25.2. The van der Waals surface area contributed by atoms with E-state index in [9.17, 15) is 9.59 Å². The molecule has 8 nitrogen and oxygen atoms in total. The average Bonchev–Trinajstić information content (AvgIpc) is 3.07. The fourth-order valence-corrected chi connectivity index (χ4v) is 5.39. The van der Waals surface area contributed by atoms with Crippen LogP contribution >= 0.6 is 26.4 Å². The van der Waals surface area contributed by atoms with Crippen molar-refractivity contribution >= 4 is 54.8 Å². The summed E-state index contributed by atoms with van der Waals surface area (Å²) in [4.78, 5) is 37.6. The number of hydrogen-bond donors (Lipinski definition) is 1. The van der Waals surface area contributed by atoms with E-state index >= 15 is 0 Å². The first-order valence-electron chi connectivity index (χ1n) is 11.1. The van der Waals surface area contributed by atoms with Gasteiger partial charge in [-0.25, -0.2) is 24.1 Å². The summed E-state index contributed by atoms with van der Waals surface area (Å²) in [6.45, 7) is 6.98. The van der Waals surface area contributed by atoms with Gasteiger partial charge in [-0.1, -0.05) is 60.6 Å². The van der Waals surface area contributed by atoms with Gasteiger partial charge in [-0.05, 0) is 36.3 Å². The third-order valence-electron chi connectivity index (χ3n) is 5.26. The van der Waals surface area contributed by atoms with Crippen LogP contribution in [0.1, 0.15) is 45.6 Å². The van der Waals surface area contributed by atoms with E-state index in [1.165, 1.54) is 9.47 Å². The highest BCUT2D eigenvalue weighted by atomic mass is 79.9. The summed E-state index contributed by atoms with van der Waals surface area (Å²) in [7, 11) is 1.38. The molecular formula is C23H31BrN6O2S. The van der Waals surface area contributed by atoms with Crippen molar-refractivity contribution in [3.8, 4) is 0 Å². The second-order valence-electron chi connectivity index (χ2n) is 7.77. The first-order valence-corrected chi connectivity index (χ1v) is 13.4. The molecule has 0 aliphatic carbocycles. The number of benzene rings is 1. The van der Waals surface area contributed by atoms with Crippen molar-refractivity contribution in [1.82, 2.24) is 24.0 Å². The molecule has 0 bridgehead atoms. The van der Waals surface area contributed by atoms with Crippen LogP contribution in [0.4, 0.5) is 10.6 Å². The second kappa shape index (κ2) is 11.1. The Bertz CT molecular complexity index is 1230. The molecule has 0 aliphatic heterocycles. The van der Waals surface area contributed by atoms with Crippen LogP contribution in [0, 0.1) is 0 Å². The third kappa shape index (κ3) is 5.38. The van der Waals surface area contributed by atoms with Crippen LogP contribution in [-0.2, 0) is 6.54 Å². The number of carbonyl (C=O) groups excluding carboxylic acids is 1. The van der Waals surface area contributed by atoms with Crippen LogP contribution < -0.4 is 11.4 Å². The predicted octanol–water partition coefficient (Wildman–Crippen LogP) is 4.55. The van der Waals surface area contributed by atoms with Crippen molar-refractivity contribution in [3.05, 3.63) is 44.8 Å². The topological polar surface area (TPSA) is 99.0 Å². The Morgan fingerprint density at radius 1 is 1.18 bits per heavy atom. The van der Waals surface area contributed by atoms with Crippen LogP contribution in [0.2, 0.25) is 0 Å². The molecule has 0 aliphatic rings. The number of nitrogens with two attached hydrogens (primary N) is 1. The lowest BCUT2D eigenvalue weighted by atomic mass is 10.2. The number of carbonyl (C=O) groups is 1. The molecule has 0 spiro atoms. The van der Waals surface area contributed by atoms with Gasteiger partial charge in [0.2, 0.25) is 0 Å². The standard InChI is InChI=1S/C23H31BrN6O2S/c1-5-8-14-33(7-3)21-26-19(25)18-20(27-21)29(15-16-9-11-17(24)12-10-16)23(32)30(18)22(31)28(4)13-6-2/h9-12,14H,5-8,13,15H2,1-4H3,(H2,25,26,27). The molecule has 0 saturated heterocycles. The maximum atomic E-state index is 13.5. The molecule has 0 saturated carbocycles. The second-order valence-corrected chi connectivity index (χ2v) is 10.8. The highest BCUT2D eigenvalue weighted by molar-refractivity contribution is 9.10. The zero-order chi connectivity index (χ0) is 24.1. The summed E-state index contributed by atoms with van der Waals surface area (Å²) in [5.41, 5.74) is 7.48. The number of hydrogen-bond acceptors (Lipinski definition) is 5. The highest BCUT2D eigenvalue weighted by Gasteiger charge is 2.25. The van der Waals surface area contributed by atoms with Crippen molar-refractivity contribution < 1.29 is 4.79 Å². The SMILES string of the molecule is CCCC=S(CC)c1nc(N)c2c(n1)n(Cc1ccc(Br)cc1)c(=O)n2C(=O)N(C)CCC. The number of nitrogen functional groups attached to an aromatic ring is 1. The van der Waals surface area contributed by atoms with Crippen LogP contribution in [-0.4, -0.2) is 54.7 Å². The Morgan fingerprint density at radius 2 is 1.88 bits per heavy atom. The van der Waals surface area contributed by atoms with Crippen molar-refractivity contribution in [2.24, 2.45) is 0 Å². The molecule has 33 heavy (non-hydrogen) atoms. The molecule has 3 rings (SSSR count). The summed E-state index contributed by atoms with van der Waals surface area (Å²) in [5, 5.41) is 2.82. The first-order chi connectivity index (χ1) is 15.8. The number of nitrogens with zero attached hydrogens (tertiary/aromatic N) is 5. The fourth-order valence-electron chi connectivity index (χ4n) is 3.54. The maximum absolute atomic E-state index is 13.5. The van der Waals surface area contributed by atoms with Crippen molar-refractivity contribution in [1.29, 1.82) is 0 Å². The fraction of sp³-hybridized carbons (Fsp3) is 0.435. The van der Waals surface area contributed by atoms with E-state index in [0.29, 0.717) is 17.3 Å². The van der Waals surface area contributed by atoms with Gasteiger partial charge in [-0.2, -0.15) is 0 Å². The summed E-state index contributed by atoms with van der Waals surface area (Å²) in [6.07, 6.45) is 2.76. The van der Waals surface area contributed by atoms with Crippen LogP contribution in [0.25, 0.3) is 11.2 Å². The molecule has 0 radical (unpaired) electrons. The van der Waals surface area contributed by atoms with Crippen LogP contribution in [0.3, 0.4) is 0 Å². The molecule has 2 heterocycles. The average molecular weight is 536 g/mol. The Kier molecular flexibility index (Phi) is 8.47. The molecule has 1 amide bonds. The molecular weight excluding hydrogens is 504 g/mol. The van der Waals surface area contributed by atoms with Crippen molar-refractivity contribution in [2.45, 2.75) is 51.7 Å². The molecule has 0 fully saturated rings. The number of imidazole rings is 1. The van der Waals surface area contributed by atoms with E-state index < -0.39 is 11.7 Å². The quantitative estimate of drug-likeness (QED) is 0.337. The maximum Gasteiger partial charge on any atom is 0.339 e. The number of aromatic nitrogens is 4. The number of anilines is 1.